The van der Waals surface area contributed by atoms with Crippen LogP contribution in [0.1, 0.15) is 83.4 Å². The lowest BCUT2D eigenvalue weighted by molar-refractivity contribution is 0.0699. The molecule has 3 aromatic heterocycles. The van der Waals surface area contributed by atoms with Crippen molar-refractivity contribution in [3.05, 3.63) is 248 Å². The minimum Gasteiger partial charge on any atom is -0.472 e. The minimum atomic E-state index is -0.0604. The molecule has 3 aliphatic rings. The number of hydrogen-bond donors (Lipinski definition) is 0. The molecule has 6 aromatic carbocycles. The average Bonchev–Trinajstić information content (AvgIpc) is 4.26. The number of nitrogens with zero attached hydrogens (tertiary/aromatic N) is 9. The van der Waals surface area contributed by atoms with Crippen LogP contribution in [-0.4, -0.2) is 81.4 Å². The van der Waals surface area contributed by atoms with E-state index in [2.05, 4.69) is 15.3 Å². The van der Waals surface area contributed by atoms with E-state index in [1.54, 1.807) is 29.2 Å². The van der Waals surface area contributed by atoms with Gasteiger partial charge in [-0.25, -0.2) is 0 Å². The molecule has 0 aliphatic carbocycles. The van der Waals surface area contributed by atoms with Crippen molar-refractivity contribution in [2.45, 2.75) is 80.4 Å². The third-order valence-corrected chi connectivity index (χ3v) is 14.4. The van der Waals surface area contributed by atoms with Crippen molar-refractivity contribution < 1.29 is 28.6 Å². The fourth-order valence-electron chi connectivity index (χ4n) is 9.37. The lowest BCUT2D eigenvalue weighted by atomic mass is 10.1. The highest BCUT2D eigenvalue weighted by Gasteiger charge is 2.27. The molecule has 0 fully saturated rings. The number of aryl methyl sites for hydroxylation is 2. The van der Waals surface area contributed by atoms with E-state index >= 15 is 0 Å². The molecule has 12 rings (SSSR count). The number of halogens is 2. The zero-order valence-corrected chi connectivity index (χ0v) is 45.5. The van der Waals surface area contributed by atoms with Gasteiger partial charge in [-0.2, -0.15) is 0 Å². The molecule has 0 saturated carbocycles. The number of benzene rings is 6. The van der Waals surface area contributed by atoms with Gasteiger partial charge in [-0.05, 0) is 78.6 Å². The second-order valence-electron chi connectivity index (χ2n) is 19.4. The zero-order chi connectivity index (χ0) is 54.7. The topological polar surface area (TPSA) is 142 Å². The normalized spacial score (nSPS) is 13.2. The highest BCUT2D eigenvalue weighted by atomic mass is 35.5. The number of carbonyl (C=O) groups is 3. The fraction of sp³-hybridized carbons (Fsp3) is 0.238. The van der Waals surface area contributed by atoms with Crippen LogP contribution in [0.2, 0.25) is 10.0 Å². The van der Waals surface area contributed by atoms with Gasteiger partial charge in [0.2, 0.25) is 17.6 Å². The summed E-state index contributed by atoms with van der Waals surface area (Å²) in [5, 5.41) is 14.6. The van der Waals surface area contributed by atoms with E-state index in [-0.39, 0.29) is 25.1 Å². The summed E-state index contributed by atoms with van der Waals surface area (Å²) in [4.78, 5) is 43.8. The van der Waals surface area contributed by atoms with Gasteiger partial charge in [-0.15, -0.1) is 15.3 Å². The first kappa shape index (κ1) is 56.1. The Morgan fingerprint density at radius 2 is 0.825 bits per heavy atom. The van der Waals surface area contributed by atoms with Gasteiger partial charge in [-0.1, -0.05) is 151 Å². The first-order valence-electron chi connectivity index (χ1n) is 26.1. The van der Waals surface area contributed by atoms with Gasteiger partial charge in [0, 0.05) is 54.0 Å². The Hall–Kier alpha value is -8.66. The van der Waals surface area contributed by atoms with Crippen molar-refractivity contribution in [1.82, 2.24) is 44.0 Å². The molecular weight excluding hydrogens is 1050 g/mol. The summed E-state index contributed by atoms with van der Waals surface area (Å²) >= 11 is 12.2. The molecule has 80 heavy (non-hydrogen) atoms. The first-order chi connectivity index (χ1) is 38.5. The van der Waals surface area contributed by atoms with Crippen LogP contribution in [0.15, 0.2) is 176 Å². The van der Waals surface area contributed by atoms with Crippen LogP contribution >= 0.6 is 23.2 Å². The largest absolute Gasteiger partial charge is 0.472 e. The summed E-state index contributed by atoms with van der Waals surface area (Å²) in [5.74, 6) is 1.78. The van der Waals surface area contributed by atoms with Crippen LogP contribution in [0.3, 0.4) is 0 Å². The fourth-order valence-corrected chi connectivity index (χ4v) is 9.71. The van der Waals surface area contributed by atoms with Crippen LogP contribution in [-0.2, 0) is 59.1 Å². The van der Waals surface area contributed by atoms with Gasteiger partial charge in [0.1, 0.15) is 19.8 Å². The first-order valence-corrected chi connectivity index (χ1v) is 26.9. The van der Waals surface area contributed by atoms with E-state index in [0.29, 0.717) is 118 Å². The third-order valence-electron chi connectivity index (χ3n) is 13.7. The Labute approximate surface area is 476 Å². The van der Waals surface area contributed by atoms with Crippen molar-refractivity contribution in [2.75, 3.05) is 19.6 Å². The average molecular weight is 1110 g/mol. The van der Waals surface area contributed by atoms with Gasteiger partial charge in [0.25, 0.3) is 17.7 Å². The SMILES string of the molecule is C.Cc1cc(C(=O)N2CCn3nc(OCc4ccccc4)cc3C2)ccc1Cl.Cc1cccc(C(=O)N2CCn3nc(OCc4ccccc4)cc3C2)c1.O=C(c1ccccc1Cl)N1CCn2nc(OCc3ccccc3)cc2C1. The summed E-state index contributed by atoms with van der Waals surface area (Å²) in [6.45, 7) is 10.7. The van der Waals surface area contributed by atoms with Crippen molar-refractivity contribution in [3.8, 4) is 17.6 Å². The van der Waals surface area contributed by atoms with Crippen molar-refractivity contribution >= 4 is 40.9 Å². The standard InChI is InChI=1S/C21H20ClN3O2.C21H21N3O2.C20H18ClN3O2.CH4/c1-15-11-17(7-8-19(15)22)21(26)24-9-10-25-18(13-24)12-20(23-25)27-14-16-5-3-2-4-6-16;1-16-6-5-9-18(12-16)21(25)23-10-11-24-19(14-23)13-20(22-24)26-15-17-7-3-2-4-8-17;21-18-9-5-4-8-17(18)20(25)23-10-11-24-16(13-23)12-19(22-24)26-14-15-6-2-1-3-7-15;/h2-8,11-12H,9-10,13-14H2,1H3;2-9,12-13H,10-11,14-15H2,1H3;1-9,12H,10-11,13-14H2;1H4. The number of hydrogen-bond acceptors (Lipinski definition) is 9. The maximum Gasteiger partial charge on any atom is 0.255 e. The number of aromatic nitrogens is 6. The van der Waals surface area contributed by atoms with E-state index in [1.807, 2.05) is 189 Å². The van der Waals surface area contributed by atoms with Crippen molar-refractivity contribution in [3.63, 3.8) is 0 Å². The molecule has 0 atom stereocenters. The highest BCUT2D eigenvalue weighted by molar-refractivity contribution is 6.33. The maximum absolute atomic E-state index is 12.8. The van der Waals surface area contributed by atoms with Crippen LogP contribution in [0.4, 0.5) is 0 Å². The number of carbonyl (C=O) groups excluding carboxylic acids is 3. The van der Waals surface area contributed by atoms with Crippen LogP contribution in [0, 0.1) is 13.8 Å². The molecule has 15 nitrogen and oxygen atoms in total. The van der Waals surface area contributed by atoms with Crippen LogP contribution in [0.25, 0.3) is 0 Å². The van der Waals surface area contributed by atoms with E-state index < -0.39 is 0 Å². The molecule has 410 valence electrons. The third kappa shape index (κ3) is 14.1. The quantitative estimate of drug-likeness (QED) is 0.117. The second-order valence-corrected chi connectivity index (χ2v) is 20.2. The second kappa shape index (κ2) is 26.3. The Bertz CT molecular complexity index is 3550. The number of ether oxygens (including phenoxy) is 3. The van der Waals surface area contributed by atoms with Gasteiger partial charge in [0.05, 0.1) is 66.9 Å². The van der Waals surface area contributed by atoms with Gasteiger partial charge in [0.15, 0.2) is 0 Å². The van der Waals surface area contributed by atoms with E-state index in [0.717, 1.165) is 50.5 Å². The lowest BCUT2D eigenvalue weighted by Crippen LogP contribution is -2.38. The Balaban J connectivity index is 0.000000144. The number of rotatable bonds is 12. The van der Waals surface area contributed by atoms with E-state index in [4.69, 9.17) is 37.4 Å². The van der Waals surface area contributed by atoms with E-state index in [9.17, 15) is 14.4 Å². The molecule has 3 aliphatic heterocycles. The molecule has 0 spiro atoms. The monoisotopic (exact) mass is 1110 g/mol. The van der Waals surface area contributed by atoms with Crippen molar-refractivity contribution in [2.24, 2.45) is 0 Å². The summed E-state index contributed by atoms with van der Waals surface area (Å²) in [7, 11) is 0. The summed E-state index contributed by atoms with van der Waals surface area (Å²) in [6, 6.07) is 56.0. The van der Waals surface area contributed by atoms with E-state index in [1.165, 1.54) is 0 Å². The molecule has 0 bridgehead atoms. The Morgan fingerprint density at radius 3 is 1.24 bits per heavy atom. The molecule has 0 saturated heterocycles. The van der Waals surface area contributed by atoms with Gasteiger partial charge < -0.3 is 28.9 Å². The zero-order valence-electron chi connectivity index (χ0n) is 44.0. The molecule has 17 heteroatoms. The summed E-state index contributed by atoms with van der Waals surface area (Å²) < 4.78 is 23.1. The van der Waals surface area contributed by atoms with Gasteiger partial charge in [-0.3, -0.25) is 28.4 Å². The predicted molar refractivity (Wildman–Crippen MR) is 309 cm³/mol. The molecule has 0 radical (unpaired) electrons. The summed E-state index contributed by atoms with van der Waals surface area (Å²) in [5.41, 5.74) is 10.1. The molecule has 0 unspecified atom stereocenters. The van der Waals surface area contributed by atoms with Crippen molar-refractivity contribution in [1.29, 1.82) is 0 Å². The van der Waals surface area contributed by atoms with Gasteiger partial charge >= 0.3 is 0 Å². The Kier molecular flexibility index (Phi) is 18.5. The number of amides is 3. The Morgan fingerprint density at radius 1 is 0.425 bits per heavy atom. The molecule has 9 aromatic rings. The molecule has 3 amide bonds. The highest BCUT2D eigenvalue weighted by Crippen LogP contribution is 2.26. The molecule has 0 N–H and O–H groups in total. The molecular formula is C63H63Cl2N9O6. The van der Waals surface area contributed by atoms with Crippen LogP contribution < -0.4 is 14.2 Å². The lowest BCUT2D eigenvalue weighted by Gasteiger charge is -2.27. The minimum absolute atomic E-state index is 0. The molecule has 6 heterocycles. The number of fused-ring (bicyclic) bond motifs is 3. The smallest absolute Gasteiger partial charge is 0.255 e. The van der Waals surface area contributed by atoms with Crippen LogP contribution in [0.5, 0.6) is 17.6 Å². The predicted octanol–water partition coefficient (Wildman–Crippen LogP) is 11.9. The maximum atomic E-state index is 12.8. The summed E-state index contributed by atoms with van der Waals surface area (Å²) in [6.07, 6.45) is 0.